The van der Waals surface area contributed by atoms with Crippen LogP contribution in [0.3, 0.4) is 0 Å². The van der Waals surface area contributed by atoms with E-state index in [0.717, 1.165) is 31.6 Å². The van der Waals surface area contributed by atoms with Crippen LogP contribution < -0.4 is 10.6 Å². The summed E-state index contributed by atoms with van der Waals surface area (Å²) in [6.07, 6.45) is 3.98. The number of nitrogens with one attached hydrogen (secondary N) is 2. The third-order valence-electron chi connectivity index (χ3n) is 6.28. The highest BCUT2D eigenvalue weighted by Crippen LogP contribution is 2.30. The number of hydrogen-bond donors (Lipinski definition) is 2. The first kappa shape index (κ1) is 27.9. The molecule has 1 aliphatic carbocycles. The number of amides is 3. The highest BCUT2D eigenvalue weighted by Gasteiger charge is 2.43. The number of benzene rings is 1. The molecule has 3 amide bonds. The van der Waals surface area contributed by atoms with Crippen LogP contribution in [0, 0.1) is 5.92 Å². The number of carbonyl (C=O) groups is 3. The SMILES string of the molecule is CC(C)CC(C(=O)NC(=O)C1(NC(=O)c2ccccc2)CCCCC1)c1nnc(SCCN(C)C)o1. The van der Waals surface area contributed by atoms with Gasteiger partial charge < -0.3 is 14.6 Å². The maximum Gasteiger partial charge on any atom is 0.276 e. The van der Waals surface area contributed by atoms with Crippen LogP contribution in [-0.4, -0.2) is 64.8 Å². The van der Waals surface area contributed by atoms with Crippen molar-refractivity contribution in [1.82, 2.24) is 25.7 Å². The van der Waals surface area contributed by atoms with Gasteiger partial charge in [0.05, 0.1) is 0 Å². The minimum absolute atomic E-state index is 0.161. The average molecular weight is 516 g/mol. The highest BCUT2D eigenvalue weighted by atomic mass is 32.2. The first-order valence-corrected chi connectivity index (χ1v) is 13.5. The summed E-state index contributed by atoms with van der Waals surface area (Å²) in [4.78, 5) is 41.8. The molecule has 1 aliphatic rings. The summed E-state index contributed by atoms with van der Waals surface area (Å²) >= 11 is 1.43. The van der Waals surface area contributed by atoms with Crippen LogP contribution in [0.2, 0.25) is 0 Å². The van der Waals surface area contributed by atoms with E-state index in [1.807, 2.05) is 34.0 Å². The molecule has 1 heterocycles. The predicted octanol–water partition coefficient (Wildman–Crippen LogP) is 3.63. The zero-order valence-corrected chi connectivity index (χ0v) is 22.4. The second-order valence-corrected chi connectivity index (χ2v) is 11.1. The Hall–Kier alpha value is -2.72. The monoisotopic (exact) mass is 515 g/mol. The topological polar surface area (TPSA) is 117 Å². The lowest BCUT2D eigenvalue weighted by Gasteiger charge is -2.36. The lowest BCUT2D eigenvalue weighted by atomic mass is 9.80. The summed E-state index contributed by atoms with van der Waals surface area (Å²) in [6, 6.07) is 8.80. The Morgan fingerprint density at radius 1 is 1.08 bits per heavy atom. The Morgan fingerprint density at radius 3 is 2.42 bits per heavy atom. The Kier molecular flexibility index (Phi) is 10.1. The average Bonchev–Trinajstić information content (AvgIpc) is 3.31. The lowest BCUT2D eigenvalue weighted by Crippen LogP contribution is -2.61. The molecule has 2 aromatic rings. The summed E-state index contributed by atoms with van der Waals surface area (Å²) in [6.45, 7) is 4.84. The van der Waals surface area contributed by atoms with Crippen LogP contribution in [0.4, 0.5) is 0 Å². The molecule has 1 fully saturated rings. The van der Waals surface area contributed by atoms with Gasteiger partial charge in [-0.25, -0.2) is 0 Å². The van der Waals surface area contributed by atoms with Crippen molar-refractivity contribution >= 4 is 29.5 Å². The van der Waals surface area contributed by atoms with Gasteiger partial charge >= 0.3 is 0 Å². The molecule has 1 atom stereocenters. The van der Waals surface area contributed by atoms with Gasteiger partial charge in [-0.1, -0.05) is 63.1 Å². The molecule has 1 saturated carbocycles. The number of nitrogens with zero attached hydrogens (tertiary/aromatic N) is 3. The maximum absolute atomic E-state index is 13.5. The summed E-state index contributed by atoms with van der Waals surface area (Å²) in [7, 11) is 3.97. The van der Waals surface area contributed by atoms with Crippen molar-refractivity contribution in [1.29, 1.82) is 0 Å². The highest BCUT2D eigenvalue weighted by molar-refractivity contribution is 7.99. The quantitative estimate of drug-likeness (QED) is 0.436. The second-order valence-electron chi connectivity index (χ2n) is 10.0. The standard InChI is InChI=1S/C26H37N5O4S/c1-18(2)17-20(23-29-30-25(35-23)36-16-15-31(3)4)22(33)27-24(34)26(13-9-6-10-14-26)28-21(32)19-11-7-5-8-12-19/h5,7-8,11-12,18,20H,6,9-10,13-17H2,1-4H3,(H,28,32)(H,27,33,34). The molecule has 3 rings (SSSR count). The van der Waals surface area contributed by atoms with Gasteiger partial charge in [-0.2, -0.15) is 0 Å². The van der Waals surface area contributed by atoms with Crippen molar-refractivity contribution in [3.63, 3.8) is 0 Å². The van der Waals surface area contributed by atoms with Crippen LogP contribution >= 0.6 is 11.8 Å². The summed E-state index contributed by atoms with van der Waals surface area (Å²) in [5, 5.41) is 14.1. The van der Waals surface area contributed by atoms with E-state index in [-0.39, 0.29) is 17.7 Å². The molecule has 0 radical (unpaired) electrons. The Morgan fingerprint density at radius 2 is 1.78 bits per heavy atom. The second kappa shape index (κ2) is 13.0. The van der Waals surface area contributed by atoms with Crippen molar-refractivity contribution in [3.05, 3.63) is 41.8 Å². The molecule has 1 aromatic heterocycles. The predicted molar refractivity (Wildman–Crippen MR) is 139 cm³/mol. The Labute approximate surface area is 217 Å². The largest absolute Gasteiger partial charge is 0.415 e. The number of rotatable bonds is 11. The summed E-state index contributed by atoms with van der Waals surface area (Å²) in [5.74, 6) is -0.907. The number of thioether (sulfide) groups is 1. The fraction of sp³-hybridized carbons (Fsp3) is 0.577. The van der Waals surface area contributed by atoms with Gasteiger partial charge in [0.15, 0.2) is 0 Å². The van der Waals surface area contributed by atoms with Gasteiger partial charge in [0, 0.05) is 17.9 Å². The van der Waals surface area contributed by atoms with Crippen LogP contribution in [-0.2, 0) is 9.59 Å². The van der Waals surface area contributed by atoms with Gasteiger partial charge in [0.25, 0.3) is 17.0 Å². The normalized spacial score (nSPS) is 16.1. The fourth-order valence-corrected chi connectivity index (χ4v) is 5.16. The van der Waals surface area contributed by atoms with Gasteiger partial charge in [-0.3, -0.25) is 19.7 Å². The van der Waals surface area contributed by atoms with Crippen molar-refractivity contribution in [3.8, 4) is 0 Å². The fourth-order valence-electron chi connectivity index (χ4n) is 4.29. The van der Waals surface area contributed by atoms with E-state index in [1.54, 1.807) is 24.3 Å². The minimum Gasteiger partial charge on any atom is -0.415 e. The zero-order chi connectivity index (χ0) is 26.1. The molecule has 0 spiro atoms. The van der Waals surface area contributed by atoms with Crippen LogP contribution in [0.5, 0.6) is 0 Å². The molecule has 196 valence electrons. The first-order chi connectivity index (χ1) is 17.2. The molecule has 36 heavy (non-hydrogen) atoms. The van der Waals surface area contributed by atoms with E-state index < -0.39 is 23.3 Å². The Balaban J connectivity index is 1.74. The maximum atomic E-state index is 13.5. The van der Waals surface area contributed by atoms with E-state index in [4.69, 9.17) is 4.42 Å². The van der Waals surface area contributed by atoms with E-state index in [1.165, 1.54) is 11.8 Å². The lowest BCUT2D eigenvalue weighted by molar-refractivity contribution is -0.136. The smallest absolute Gasteiger partial charge is 0.276 e. The molecule has 0 bridgehead atoms. The van der Waals surface area contributed by atoms with Crippen molar-refractivity contribution in [2.24, 2.45) is 5.92 Å². The molecular weight excluding hydrogens is 478 g/mol. The van der Waals surface area contributed by atoms with E-state index in [0.29, 0.717) is 30.0 Å². The molecule has 0 saturated heterocycles. The van der Waals surface area contributed by atoms with E-state index in [2.05, 4.69) is 25.7 Å². The van der Waals surface area contributed by atoms with Crippen LogP contribution in [0.15, 0.2) is 40.0 Å². The number of hydrogen-bond acceptors (Lipinski definition) is 8. The molecule has 9 nitrogen and oxygen atoms in total. The molecule has 0 aliphatic heterocycles. The molecule has 2 N–H and O–H groups in total. The van der Waals surface area contributed by atoms with Crippen molar-refractivity contribution < 1.29 is 18.8 Å². The first-order valence-electron chi connectivity index (χ1n) is 12.5. The Bertz CT molecular complexity index is 1020. The van der Waals surface area contributed by atoms with Crippen LogP contribution in [0.1, 0.15) is 74.5 Å². The van der Waals surface area contributed by atoms with Gasteiger partial charge in [-0.05, 0) is 51.4 Å². The summed E-state index contributed by atoms with van der Waals surface area (Å²) < 4.78 is 5.80. The van der Waals surface area contributed by atoms with Gasteiger partial charge in [-0.15, -0.1) is 10.2 Å². The van der Waals surface area contributed by atoms with E-state index >= 15 is 0 Å². The van der Waals surface area contributed by atoms with Gasteiger partial charge in [0.2, 0.25) is 11.8 Å². The number of imide groups is 1. The van der Waals surface area contributed by atoms with Crippen molar-refractivity contribution in [2.75, 3.05) is 26.4 Å². The number of aromatic nitrogens is 2. The zero-order valence-electron chi connectivity index (χ0n) is 21.6. The number of carbonyl (C=O) groups excluding carboxylic acids is 3. The minimum atomic E-state index is -1.13. The molecule has 1 unspecified atom stereocenters. The van der Waals surface area contributed by atoms with Crippen molar-refractivity contribution in [2.45, 2.75) is 69.1 Å². The third kappa shape index (κ3) is 7.64. The summed E-state index contributed by atoms with van der Waals surface area (Å²) in [5.41, 5.74) is -0.657. The van der Waals surface area contributed by atoms with E-state index in [9.17, 15) is 14.4 Å². The third-order valence-corrected chi connectivity index (χ3v) is 7.07. The molecule has 10 heteroatoms. The molecular formula is C26H37N5O4S. The van der Waals surface area contributed by atoms with Gasteiger partial charge in [0.1, 0.15) is 11.5 Å². The van der Waals surface area contributed by atoms with Crippen LogP contribution in [0.25, 0.3) is 0 Å². The molecule has 1 aromatic carbocycles.